The van der Waals surface area contributed by atoms with E-state index in [2.05, 4.69) is 95.6 Å². The van der Waals surface area contributed by atoms with Crippen molar-refractivity contribution in [2.45, 2.75) is 67.2 Å². The lowest BCUT2D eigenvalue weighted by Crippen LogP contribution is -2.56. The molecule has 1 fully saturated rings. The Bertz CT molecular complexity index is 292. The maximum atomic E-state index is 11.0. The molecule has 19 heavy (non-hydrogen) atoms. The molecule has 114 valence electrons. The van der Waals surface area contributed by atoms with Gasteiger partial charge in [0.15, 0.2) is 4.51 Å². The topological polar surface area (TPSA) is 20.2 Å². The number of aliphatic hydroxyl groups is 1. The van der Waals surface area contributed by atoms with Gasteiger partial charge in [-0.1, -0.05) is 118 Å². The van der Waals surface area contributed by atoms with E-state index in [1.54, 1.807) is 0 Å². The predicted octanol–water partition coefficient (Wildman–Crippen LogP) is 6.94. The van der Waals surface area contributed by atoms with Gasteiger partial charge in [0, 0.05) is 4.83 Å². The lowest BCUT2D eigenvalue weighted by molar-refractivity contribution is 0.120. The van der Waals surface area contributed by atoms with E-state index in [0.717, 1.165) is 25.7 Å². The molecule has 7 heteroatoms. The van der Waals surface area contributed by atoms with Gasteiger partial charge < -0.3 is 5.11 Å². The zero-order chi connectivity index (χ0) is 14.7. The normalized spacial score (nSPS) is 37.1. The summed E-state index contributed by atoms with van der Waals surface area (Å²) in [6.07, 6.45) is 9.12. The van der Waals surface area contributed by atoms with Gasteiger partial charge in [0.2, 0.25) is 0 Å². The molecule has 0 saturated heterocycles. The fourth-order valence-corrected chi connectivity index (χ4v) is 7.00. The van der Waals surface area contributed by atoms with Crippen LogP contribution in [0.15, 0.2) is 0 Å². The Balaban J connectivity index is 2.96. The second-order valence-corrected chi connectivity index (χ2v) is 14.7. The molecule has 1 aliphatic rings. The van der Waals surface area contributed by atoms with Gasteiger partial charge in [-0.15, -0.1) is 0 Å². The van der Waals surface area contributed by atoms with Crippen LogP contribution in [0.25, 0.3) is 0 Å². The Kier molecular flexibility index (Phi) is 8.47. The third-order valence-corrected chi connectivity index (χ3v) is 13.5. The highest BCUT2D eigenvalue weighted by Crippen LogP contribution is 2.59. The molecular formula is C12H18Br6O. The highest BCUT2D eigenvalue weighted by atomic mass is 79.9. The van der Waals surface area contributed by atoms with Crippen molar-refractivity contribution < 1.29 is 5.11 Å². The fourth-order valence-electron chi connectivity index (χ4n) is 2.18. The Hall–Kier alpha value is 2.84. The molecule has 2 unspecified atom stereocenters. The molecule has 0 aliphatic heterocycles. The summed E-state index contributed by atoms with van der Waals surface area (Å²) in [7, 11) is 0. The molecular weight excluding hydrogens is 640 g/mol. The monoisotopic (exact) mass is 652 g/mol. The van der Waals surface area contributed by atoms with Crippen molar-refractivity contribution in [3.05, 3.63) is 0 Å². The van der Waals surface area contributed by atoms with Gasteiger partial charge in [-0.2, -0.15) is 0 Å². The van der Waals surface area contributed by atoms with Gasteiger partial charge in [-0.3, -0.25) is 0 Å². The number of hydrogen-bond donors (Lipinski definition) is 1. The minimum absolute atomic E-state index is 0.110. The quantitative estimate of drug-likeness (QED) is 0.280. The van der Waals surface area contributed by atoms with E-state index in [9.17, 15) is 5.11 Å². The van der Waals surface area contributed by atoms with Crippen molar-refractivity contribution in [1.82, 2.24) is 0 Å². The van der Waals surface area contributed by atoms with Crippen molar-refractivity contribution in [3.8, 4) is 0 Å². The first-order valence-electron chi connectivity index (χ1n) is 6.44. The van der Waals surface area contributed by atoms with Crippen LogP contribution < -0.4 is 0 Å². The molecule has 0 spiro atoms. The lowest BCUT2D eigenvalue weighted by atomic mass is 9.99. The summed E-state index contributed by atoms with van der Waals surface area (Å²) in [6, 6.07) is 0. The van der Waals surface area contributed by atoms with Crippen molar-refractivity contribution in [3.63, 3.8) is 0 Å². The van der Waals surface area contributed by atoms with E-state index in [0.29, 0.717) is 0 Å². The molecule has 0 aromatic heterocycles. The molecule has 0 amide bonds. The van der Waals surface area contributed by atoms with Crippen LogP contribution in [0.5, 0.6) is 0 Å². The van der Waals surface area contributed by atoms with Crippen LogP contribution in [-0.4, -0.2) is 20.9 Å². The average molecular weight is 658 g/mol. The molecule has 1 rings (SSSR count). The molecule has 0 bridgehead atoms. The molecule has 0 aromatic carbocycles. The van der Waals surface area contributed by atoms with Gasteiger partial charge in [-0.25, -0.2) is 0 Å². The minimum Gasteiger partial charge on any atom is -0.374 e. The third-order valence-electron chi connectivity index (χ3n) is 3.52. The summed E-state index contributed by atoms with van der Waals surface area (Å²) in [5.74, 6) is 0. The Morgan fingerprint density at radius 3 is 1.84 bits per heavy atom. The maximum Gasteiger partial charge on any atom is 0.170 e. The van der Waals surface area contributed by atoms with E-state index >= 15 is 0 Å². The molecule has 0 aromatic rings. The highest BCUT2D eigenvalue weighted by molar-refractivity contribution is 9.28. The minimum atomic E-state index is -1.18. The van der Waals surface area contributed by atoms with E-state index < -0.39 is 11.0 Å². The van der Waals surface area contributed by atoms with Crippen LogP contribution in [0.2, 0.25) is 0 Å². The van der Waals surface area contributed by atoms with Gasteiger partial charge in [0.25, 0.3) is 0 Å². The van der Waals surface area contributed by atoms with E-state index in [-0.39, 0.29) is 4.83 Å². The number of hydrogen-bond acceptors (Lipinski definition) is 1. The molecule has 1 nitrogen and oxygen atoms in total. The van der Waals surface area contributed by atoms with Crippen molar-refractivity contribution in [1.29, 1.82) is 0 Å². The fraction of sp³-hybridized carbons (Fsp3) is 1.00. The van der Waals surface area contributed by atoms with Gasteiger partial charge >= 0.3 is 0 Å². The van der Waals surface area contributed by atoms with Crippen LogP contribution in [0, 0.1) is 0 Å². The second-order valence-electron chi connectivity index (χ2n) is 5.08. The molecule has 0 heterocycles. The Morgan fingerprint density at radius 2 is 1.26 bits per heavy atom. The van der Waals surface area contributed by atoms with Crippen LogP contribution >= 0.6 is 95.6 Å². The summed E-state index contributed by atoms with van der Waals surface area (Å²) in [4.78, 5) is 0.110. The lowest BCUT2D eigenvalue weighted by Gasteiger charge is -2.46. The summed E-state index contributed by atoms with van der Waals surface area (Å²) in [5, 5.41) is 11.0. The van der Waals surface area contributed by atoms with Gasteiger partial charge in [-0.05, 0) is 28.8 Å². The smallest absolute Gasteiger partial charge is 0.170 e. The van der Waals surface area contributed by atoms with E-state index in [4.69, 9.17) is 0 Å². The average Bonchev–Trinajstić information content (AvgIpc) is 2.30. The predicted molar refractivity (Wildman–Crippen MR) is 105 cm³/mol. The first-order chi connectivity index (χ1) is 8.63. The van der Waals surface area contributed by atoms with Gasteiger partial charge in [0.1, 0.15) is 6.47 Å². The number of halogens is 6. The van der Waals surface area contributed by atoms with E-state index in [1.807, 2.05) is 0 Å². The molecule has 1 aliphatic carbocycles. The highest BCUT2D eigenvalue weighted by Gasteiger charge is 2.60. The summed E-state index contributed by atoms with van der Waals surface area (Å²) < 4.78 is -2.44. The zero-order valence-corrected chi connectivity index (χ0v) is 20.0. The molecule has 1 N–H and O–H groups in total. The summed E-state index contributed by atoms with van der Waals surface area (Å²) in [5.41, 5.74) is 0. The van der Waals surface area contributed by atoms with Crippen LogP contribution in [0.4, 0.5) is 0 Å². The van der Waals surface area contributed by atoms with Crippen LogP contribution in [0.1, 0.15) is 51.4 Å². The largest absolute Gasteiger partial charge is 0.374 e. The third kappa shape index (κ3) is 4.90. The van der Waals surface area contributed by atoms with Crippen molar-refractivity contribution >= 4 is 95.6 Å². The first kappa shape index (κ1) is 19.9. The summed E-state index contributed by atoms with van der Waals surface area (Å²) >= 11 is 21.8. The summed E-state index contributed by atoms with van der Waals surface area (Å²) in [6.45, 7) is 0. The first-order valence-corrected chi connectivity index (χ1v) is 11.3. The molecule has 1 saturated carbocycles. The number of alkyl halides is 6. The SMILES string of the molecule is OC1(Br)C(Br)(Br)CCCCCCCCC(Br)C1(Br)Br. The van der Waals surface area contributed by atoms with Crippen molar-refractivity contribution in [2.24, 2.45) is 0 Å². The maximum absolute atomic E-state index is 11.0. The Labute approximate surface area is 166 Å². The standard InChI is InChI=1S/C12H18Br6O/c13-9-7-5-3-1-2-4-6-8-10(14,15)12(18,19)11(9,16)17/h9,19H,1-8H2. The molecule has 0 radical (unpaired) electrons. The second kappa shape index (κ2) is 8.09. The van der Waals surface area contributed by atoms with E-state index in [1.165, 1.54) is 25.7 Å². The van der Waals surface area contributed by atoms with Crippen molar-refractivity contribution in [2.75, 3.05) is 0 Å². The Morgan fingerprint density at radius 1 is 0.789 bits per heavy atom. The van der Waals surface area contributed by atoms with Gasteiger partial charge in [0.05, 0.1) is 0 Å². The number of rotatable bonds is 0. The van der Waals surface area contributed by atoms with Crippen LogP contribution in [0.3, 0.4) is 0 Å². The zero-order valence-electron chi connectivity index (χ0n) is 10.4. The van der Waals surface area contributed by atoms with Crippen LogP contribution in [-0.2, 0) is 0 Å². The molecule has 2 atom stereocenters.